The van der Waals surface area contributed by atoms with E-state index in [1.165, 1.54) is 31.5 Å². The van der Waals surface area contributed by atoms with Crippen molar-refractivity contribution >= 4 is 64.3 Å². The molecule has 612 valence electrons. The van der Waals surface area contributed by atoms with Crippen molar-refractivity contribution in [1.82, 2.24) is 26.4 Å². The molecule has 2 amide bonds. The van der Waals surface area contributed by atoms with Crippen LogP contribution in [-0.4, -0.2) is 143 Å². The number of aliphatic hydroxyl groups excluding tert-OH is 1. The van der Waals surface area contributed by atoms with E-state index in [1.54, 1.807) is 32.6 Å². The fourth-order valence-corrected chi connectivity index (χ4v) is 5.95. The van der Waals surface area contributed by atoms with Gasteiger partial charge in [-0.05, 0) is 83.1 Å². The number of nitriles is 1. The van der Waals surface area contributed by atoms with Crippen molar-refractivity contribution in [2.24, 2.45) is 27.7 Å². The van der Waals surface area contributed by atoms with E-state index in [9.17, 15) is 84.7 Å². The van der Waals surface area contributed by atoms with Gasteiger partial charge in [0.25, 0.3) is 43.0 Å². The average molecular weight is 1590 g/mol. The van der Waals surface area contributed by atoms with Gasteiger partial charge in [0.05, 0.1) is 53.0 Å². The number of esters is 1. The van der Waals surface area contributed by atoms with Crippen LogP contribution in [-0.2, 0) is 40.2 Å². The minimum Gasteiger partial charge on any atom is -0.515 e. The molecular weight excluding hydrogens is 1480 g/mol. The Morgan fingerprint density at radius 3 is 1.30 bits per heavy atom. The lowest BCUT2D eigenvalue weighted by atomic mass is 9.85. The third-order valence-corrected chi connectivity index (χ3v) is 11.8. The van der Waals surface area contributed by atoms with Crippen molar-refractivity contribution in [2.75, 3.05) is 52.9 Å². The number of aldehydes is 1. The van der Waals surface area contributed by atoms with Crippen LogP contribution in [0.4, 0.5) is 17.1 Å². The number of primary amides is 2. The number of nitrogen functional groups attached to an aromatic ring is 1. The summed E-state index contributed by atoms with van der Waals surface area (Å²) in [5, 5.41) is 79.7. The largest absolute Gasteiger partial charge is 0.515 e. The Hall–Kier alpha value is -11.6. The van der Waals surface area contributed by atoms with Crippen LogP contribution in [0.1, 0.15) is 169 Å². The SMILES string of the molecule is CC(C)(C)/C(C=O)=C/O.CC(C)(C)C1=CNC(Cl)C([N+](=O)[O-])=C1.CC(C)(C)Cl.CC(C)(C)c1c[nH]c(=O)c([N+](=O)[O-])c1.CCOC(=O)C[N+](=O)[O-].COc1ncc(C(C)(C)C)cc1N.COc1ncc(C(C)(C)C)cc1[N+](=O)[O-].N.NC(=O)C[N+](=O)[O-].NC(=O)C[N+](=O)[O-].O.[C-]#[N+]C(C#N)C(C)(C)C.[C-]#[N+]C[N+]#[C-]. The fourth-order valence-electron chi connectivity index (χ4n) is 5.75. The van der Waals surface area contributed by atoms with Gasteiger partial charge in [-0.15, -0.1) is 11.6 Å². The molecule has 0 bridgehead atoms. The van der Waals surface area contributed by atoms with E-state index in [0.29, 0.717) is 23.4 Å². The predicted octanol–water partition coefficient (Wildman–Crippen LogP) is 11.1. The zero-order valence-electron chi connectivity index (χ0n) is 66.1. The van der Waals surface area contributed by atoms with Crippen molar-refractivity contribution in [3.63, 3.8) is 0 Å². The number of aromatic amines is 1. The number of nitrogens with one attached hydrogen (secondary N) is 2. The number of ether oxygens (including phenoxy) is 3. The Bertz CT molecular complexity index is 3650. The van der Waals surface area contributed by atoms with E-state index in [0.717, 1.165) is 28.5 Å². The number of aliphatic hydroxyl groups is 1. The predicted molar refractivity (Wildman–Crippen MR) is 412 cm³/mol. The van der Waals surface area contributed by atoms with Crippen LogP contribution in [0, 0.1) is 108 Å². The Morgan fingerprint density at radius 2 is 1.07 bits per heavy atom. The number of hydrogen-bond acceptors (Lipinski definition) is 27. The van der Waals surface area contributed by atoms with Crippen molar-refractivity contribution in [3.8, 4) is 17.8 Å². The van der Waals surface area contributed by atoms with Gasteiger partial charge in [0.1, 0.15) is 6.29 Å². The van der Waals surface area contributed by atoms with Gasteiger partial charge < -0.3 is 58.4 Å². The maximum atomic E-state index is 11.0. The molecule has 4 heterocycles. The van der Waals surface area contributed by atoms with Crippen LogP contribution in [0.25, 0.3) is 14.5 Å². The number of rotatable bonds is 13. The van der Waals surface area contributed by atoms with E-state index in [2.05, 4.69) is 71.8 Å². The summed E-state index contributed by atoms with van der Waals surface area (Å²) in [4.78, 5) is 126. The summed E-state index contributed by atoms with van der Waals surface area (Å²) < 4.78 is 14.1. The molecule has 2 atom stereocenters. The third-order valence-electron chi connectivity index (χ3n) is 11.5. The Balaban J connectivity index is -0.000000146. The normalized spacial score (nSPS) is 11.9. The molecule has 1 aliphatic rings. The number of anilines is 1. The first-order valence-corrected chi connectivity index (χ1v) is 32.0. The van der Waals surface area contributed by atoms with Crippen molar-refractivity contribution in [2.45, 2.75) is 185 Å². The highest BCUT2D eigenvalue weighted by atomic mass is 35.5. The average Bonchev–Trinajstić information content (AvgIpc) is 0.841. The maximum Gasteiger partial charge on any atom is 0.466 e. The van der Waals surface area contributed by atoms with Crippen LogP contribution < -0.4 is 43.7 Å². The van der Waals surface area contributed by atoms with Gasteiger partial charge in [-0.25, -0.2) is 44.2 Å². The first-order chi connectivity index (χ1) is 48.3. The highest BCUT2D eigenvalue weighted by Gasteiger charge is 2.31. The number of methoxy groups -OCH3 is 2. The summed E-state index contributed by atoms with van der Waals surface area (Å²) in [7, 11) is 2.93. The Morgan fingerprint density at radius 1 is 0.688 bits per heavy atom. The molecule has 3 aromatic rings. The highest BCUT2D eigenvalue weighted by molar-refractivity contribution is 6.23. The molecule has 0 radical (unpaired) electrons. The van der Waals surface area contributed by atoms with Gasteiger partial charge in [0.2, 0.25) is 5.88 Å². The number of H-pyrrole nitrogens is 1. The minimum atomic E-state index is -0.912. The van der Waals surface area contributed by atoms with Gasteiger partial charge in [-0.2, -0.15) is 5.26 Å². The number of alkyl halides is 2. The summed E-state index contributed by atoms with van der Waals surface area (Å²) >= 11 is 11.3. The molecule has 1 aliphatic heterocycles. The molecule has 4 rings (SSSR count). The van der Waals surface area contributed by atoms with Crippen molar-refractivity contribution in [3.05, 3.63) is 194 Å². The van der Waals surface area contributed by atoms with Gasteiger partial charge in [0, 0.05) is 68.2 Å². The maximum absolute atomic E-state index is 11.0. The summed E-state index contributed by atoms with van der Waals surface area (Å²) in [5.41, 5.74) is 16.4. The molecule has 0 saturated heterocycles. The van der Waals surface area contributed by atoms with Gasteiger partial charge in [-0.1, -0.05) is 136 Å². The lowest BCUT2D eigenvalue weighted by Crippen LogP contribution is -2.30. The number of nitrogens with zero attached hydrogens (tertiary/aromatic N) is 12. The number of carbonyl (C=O) groups is 4. The number of hydrogen-bond donors (Lipinski definition) is 7. The van der Waals surface area contributed by atoms with Gasteiger partial charge in [0.15, 0.2) is 11.6 Å². The van der Waals surface area contributed by atoms with E-state index in [4.69, 9.17) is 68.5 Å². The van der Waals surface area contributed by atoms with Crippen LogP contribution in [0.2, 0.25) is 0 Å². The molecule has 0 aliphatic carbocycles. The van der Waals surface area contributed by atoms with Gasteiger partial charge >= 0.3 is 35.6 Å². The number of dihydropyridines is 1. The van der Waals surface area contributed by atoms with Crippen LogP contribution in [0.5, 0.6) is 11.8 Å². The van der Waals surface area contributed by atoms with E-state index >= 15 is 0 Å². The topological polar surface area (TPSA) is 627 Å². The Kier molecular flexibility index (Phi) is 59.3. The molecule has 40 nitrogen and oxygen atoms in total. The zero-order chi connectivity index (χ0) is 86.2. The molecule has 3 aromatic heterocycles. The summed E-state index contributed by atoms with van der Waals surface area (Å²) in [6.45, 7) is 59.2. The van der Waals surface area contributed by atoms with E-state index in [-0.39, 0.29) is 79.5 Å². The molecule has 0 aromatic carbocycles. The second-order valence-corrected chi connectivity index (χ2v) is 29.9. The molecule has 0 fully saturated rings. The molecule has 14 N–H and O–H groups in total. The van der Waals surface area contributed by atoms with Gasteiger partial charge in [-0.3, -0.25) is 84.7 Å². The minimum absolute atomic E-state index is 0. The summed E-state index contributed by atoms with van der Waals surface area (Å²) in [5.74, 6) is -2.07. The second kappa shape index (κ2) is 55.8. The van der Waals surface area contributed by atoms with E-state index < -0.39 is 89.7 Å². The first kappa shape index (κ1) is 116. The number of allylic oxidation sites excluding steroid dienone is 3. The lowest BCUT2D eigenvalue weighted by Gasteiger charge is -2.24. The number of carbonyl (C=O) groups excluding carboxylic acids is 4. The fraction of sp³-hybridized carbons (Fsp3) is 0.567. The molecule has 42 heteroatoms. The van der Waals surface area contributed by atoms with Crippen LogP contribution in [0.3, 0.4) is 0 Å². The zero-order valence-corrected chi connectivity index (χ0v) is 67.6. The first-order valence-electron chi connectivity index (χ1n) is 31.2. The van der Waals surface area contributed by atoms with Crippen molar-refractivity contribution in [1.29, 1.82) is 5.26 Å². The summed E-state index contributed by atoms with van der Waals surface area (Å²) in [6, 6.07) is 6.17. The number of nitro groups is 6. The molecule has 2 unspecified atom stereocenters. The monoisotopic (exact) mass is 1590 g/mol. The smallest absolute Gasteiger partial charge is 0.466 e. The van der Waals surface area contributed by atoms with Crippen molar-refractivity contribution < 1.29 is 73.5 Å². The number of pyridine rings is 3. The lowest BCUT2D eigenvalue weighted by molar-refractivity contribution is -0.470. The molecule has 0 saturated carbocycles. The standard InChI is InChI=1S/C10H14N2O3.C10H16N2O.C9H13ClN2O2.C9H12N2O3.C7H10N2.C7H12O2.C4H9Cl.C4H7NO4.C3H2N2.2C2H4N2O3.H3N.H2O/c1-10(2,3)7-5-8(12(13)14)9(15-4)11-6-7;1-10(2,3)7-5-8(11)9(13-4)12-6-7;1-9(2,3)6-4-7(12(13)14)8(10)11-5-6;1-9(2,3)6-4-7(11(13)14)8(12)10-5-6;1-7(2,3)6(5-8)9-4;1-7(2,3)6(4-8)5-9;1-4(2,3)5;1-2-9-4(6)3-5(7)8;1-4-3-5-2;2*3-2(5)1-4(6)7;;/h5-6H,1-4H3;5-6H,11H2,1-4H3;4-5,8,11H,1-3H3;4-5H,1-3H3,(H,10,12);6H,1-3H3;4-5,8H,1-3H3;1-3H3;2-3H2,1H3;3H2;2*1H2,(H2,3,5);1H3;1H2/b;;;;;6-4+;;;;;;;. The van der Waals surface area contributed by atoms with Crippen LogP contribution >= 0.6 is 23.2 Å². The number of aromatic nitrogens is 3. The quantitative estimate of drug-likeness (QED) is 0.00962. The number of nitrogens with two attached hydrogens (primary N) is 3. The van der Waals surface area contributed by atoms with Crippen LogP contribution in [0.15, 0.2) is 77.0 Å². The Labute approximate surface area is 644 Å². The number of halogens is 2. The second-order valence-electron chi connectivity index (χ2n) is 28.4. The molecule has 109 heavy (non-hydrogen) atoms. The molecular formula is C67H108Cl2N18O22. The van der Waals surface area contributed by atoms with E-state index in [1.807, 2.05) is 137 Å². The number of amides is 2. The highest BCUT2D eigenvalue weighted by Crippen LogP contribution is 2.32. The molecule has 0 spiro atoms. The third kappa shape index (κ3) is 62.3. The summed E-state index contributed by atoms with van der Waals surface area (Å²) in [6.07, 6.45) is 9.70.